The molecule has 5 atom stereocenters. The van der Waals surface area contributed by atoms with E-state index in [4.69, 9.17) is 4.74 Å². The van der Waals surface area contributed by atoms with Crippen LogP contribution >= 0.6 is 0 Å². The van der Waals surface area contributed by atoms with E-state index < -0.39 is 0 Å². The Labute approximate surface area is 143 Å². The molecule has 0 saturated heterocycles. The van der Waals surface area contributed by atoms with Crippen LogP contribution in [0.2, 0.25) is 0 Å². The largest absolute Gasteiger partial charge is 0.459 e. The van der Waals surface area contributed by atoms with Crippen LogP contribution < -0.4 is 0 Å². The average Bonchev–Trinajstić information content (AvgIpc) is 3.21. The van der Waals surface area contributed by atoms with Gasteiger partial charge in [-0.3, -0.25) is 4.79 Å². The summed E-state index contributed by atoms with van der Waals surface area (Å²) in [6.07, 6.45) is 7.84. The van der Waals surface area contributed by atoms with E-state index >= 15 is 0 Å². The molecule has 134 valence electrons. The SMILES string of the molecule is CC.CCC(C)(C)C(=O)OC(C)(C)C1CC2CC1C1CCCC21. The van der Waals surface area contributed by atoms with Crippen LogP contribution in [0.1, 0.15) is 87.0 Å². The summed E-state index contributed by atoms with van der Waals surface area (Å²) in [5.41, 5.74) is -0.652. The summed E-state index contributed by atoms with van der Waals surface area (Å²) >= 11 is 0. The molecule has 3 aliphatic rings. The van der Waals surface area contributed by atoms with Gasteiger partial charge in [-0.05, 0) is 83.5 Å². The van der Waals surface area contributed by atoms with E-state index in [1.807, 2.05) is 27.7 Å². The average molecular weight is 323 g/mol. The topological polar surface area (TPSA) is 26.3 Å². The molecule has 0 aromatic carbocycles. The van der Waals surface area contributed by atoms with Gasteiger partial charge in [-0.25, -0.2) is 0 Å². The molecule has 0 heterocycles. The normalized spacial score (nSPS) is 35.5. The molecule has 0 radical (unpaired) electrons. The highest BCUT2D eigenvalue weighted by Crippen LogP contribution is 2.63. The Morgan fingerprint density at radius 1 is 1.00 bits per heavy atom. The summed E-state index contributed by atoms with van der Waals surface area (Å²) in [6, 6.07) is 0. The number of carbonyl (C=O) groups excluding carboxylic acids is 1. The highest BCUT2D eigenvalue weighted by Gasteiger charge is 2.58. The maximum Gasteiger partial charge on any atom is 0.312 e. The Kier molecular flexibility index (Phi) is 5.53. The standard InChI is InChI=1S/C19H32O2.C2H6/c1-6-18(2,3)17(20)21-19(4,5)16-11-12-10-15(16)14-9-7-8-13(12)14;1-2/h12-16H,6-11H2,1-5H3;1-2H3. The van der Waals surface area contributed by atoms with Gasteiger partial charge in [0, 0.05) is 5.92 Å². The number of fused-ring (bicyclic) bond motifs is 5. The van der Waals surface area contributed by atoms with E-state index in [-0.39, 0.29) is 17.0 Å². The first-order valence-electron chi connectivity index (χ1n) is 9.99. The summed E-state index contributed by atoms with van der Waals surface area (Å²) < 4.78 is 6.04. The zero-order valence-corrected chi connectivity index (χ0v) is 16.4. The third kappa shape index (κ3) is 3.33. The molecular formula is C21H38O2. The van der Waals surface area contributed by atoms with E-state index in [0.717, 1.165) is 30.1 Å². The fourth-order valence-corrected chi connectivity index (χ4v) is 5.46. The molecule has 0 aromatic rings. The first-order chi connectivity index (χ1) is 10.8. The van der Waals surface area contributed by atoms with Gasteiger partial charge in [-0.15, -0.1) is 0 Å². The highest BCUT2D eigenvalue weighted by molar-refractivity contribution is 5.76. The van der Waals surface area contributed by atoms with Crippen LogP contribution in [0.25, 0.3) is 0 Å². The van der Waals surface area contributed by atoms with Gasteiger partial charge in [-0.2, -0.15) is 0 Å². The Hall–Kier alpha value is -0.530. The third-order valence-corrected chi connectivity index (χ3v) is 7.11. The van der Waals surface area contributed by atoms with Crippen molar-refractivity contribution in [3.05, 3.63) is 0 Å². The van der Waals surface area contributed by atoms with Crippen molar-refractivity contribution in [3.63, 3.8) is 0 Å². The third-order valence-electron chi connectivity index (χ3n) is 7.11. The van der Waals surface area contributed by atoms with Gasteiger partial charge in [0.25, 0.3) is 0 Å². The van der Waals surface area contributed by atoms with E-state index in [9.17, 15) is 4.79 Å². The lowest BCUT2D eigenvalue weighted by Crippen LogP contribution is -2.44. The van der Waals surface area contributed by atoms with Gasteiger partial charge in [-0.1, -0.05) is 27.2 Å². The van der Waals surface area contributed by atoms with Gasteiger partial charge in [0.1, 0.15) is 5.60 Å². The molecule has 3 saturated carbocycles. The Bertz CT molecular complexity index is 424. The Balaban J connectivity index is 0.000000924. The van der Waals surface area contributed by atoms with Gasteiger partial charge in [0.05, 0.1) is 5.41 Å². The monoisotopic (exact) mass is 322 g/mol. The minimum absolute atomic E-state index is 0.0132. The number of carbonyl (C=O) groups is 1. The predicted molar refractivity (Wildman–Crippen MR) is 96.1 cm³/mol. The van der Waals surface area contributed by atoms with Crippen LogP contribution in [-0.4, -0.2) is 11.6 Å². The smallest absolute Gasteiger partial charge is 0.312 e. The van der Waals surface area contributed by atoms with Crippen molar-refractivity contribution in [1.29, 1.82) is 0 Å². The van der Waals surface area contributed by atoms with Crippen molar-refractivity contribution in [3.8, 4) is 0 Å². The Morgan fingerprint density at radius 3 is 2.22 bits per heavy atom. The van der Waals surface area contributed by atoms with Crippen molar-refractivity contribution >= 4 is 5.97 Å². The minimum Gasteiger partial charge on any atom is -0.459 e. The van der Waals surface area contributed by atoms with Gasteiger partial charge in [0.15, 0.2) is 0 Å². The molecule has 3 rings (SSSR count). The quantitative estimate of drug-likeness (QED) is 0.607. The number of ether oxygens (including phenoxy) is 1. The molecule has 0 aliphatic heterocycles. The molecule has 3 aliphatic carbocycles. The molecule has 23 heavy (non-hydrogen) atoms. The summed E-state index contributed by atoms with van der Waals surface area (Å²) in [5, 5.41) is 0. The molecule has 2 bridgehead atoms. The fourth-order valence-electron chi connectivity index (χ4n) is 5.46. The van der Waals surface area contributed by atoms with Crippen molar-refractivity contribution in [1.82, 2.24) is 0 Å². The van der Waals surface area contributed by atoms with Gasteiger partial charge in [0.2, 0.25) is 0 Å². The van der Waals surface area contributed by atoms with E-state index in [1.54, 1.807) is 0 Å². The minimum atomic E-state index is -0.356. The number of hydrogen-bond acceptors (Lipinski definition) is 2. The molecular weight excluding hydrogens is 284 g/mol. The first-order valence-corrected chi connectivity index (χ1v) is 9.99. The summed E-state index contributed by atoms with van der Waals surface area (Å²) in [6.45, 7) is 14.4. The zero-order chi connectivity index (χ0) is 17.4. The van der Waals surface area contributed by atoms with Crippen LogP contribution in [0, 0.1) is 35.0 Å². The zero-order valence-electron chi connectivity index (χ0n) is 16.4. The summed E-state index contributed by atoms with van der Waals surface area (Å²) in [7, 11) is 0. The number of rotatable bonds is 4. The van der Waals surface area contributed by atoms with Crippen molar-refractivity contribution in [2.75, 3.05) is 0 Å². The maximum atomic E-state index is 12.5. The molecule has 0 aromatic heterocycles. The van der Waals surface area contributed by atoms with Gasteiger partial charge >= 0.3 is 5.97 Å². The molecule has 2 heteroatoms. The summed E-state index contributed by atoms with van der Waals surface area (Å²) in [5.74, 6) is 4.25. The molecule has 0 N–H and O–H groups in total. The molecule has 2 nitrogen and oxygen atoms in total. The van der Waals surface area contributed by atoms with Crippen molar-refractivity contribution < 1.29 is 9.53 Å². The highest BCUT2D eigenvalue weighted by atomic mass is 16.6. The Morgan fingerprint density at radius 2 is 1.61 bits per heavy atom. The van der Waals surface area contributed by atoms with Crippen LogP contribution in [0.5, 0.6) is 0 Å². The van der Waals surface area contributed by atoms with Crippen LogP contribution in [0.3, 0.4) is 0 Å². The second-order valence-electron chi connectivity index (χ2n) is 8.99. The lowest BCUT2D eigenvalue weighted by molar-refractivity contribution is -0.176. The number of esters is 1. The lowest BCUT2D eigenvalue weighted by atomic mass is 9.70. The second kappa shape index (κ2) is 6.76. The fraction of sp³-hybridized carbons (Fsp3) is 0.952. The maximum absolute atomic E-state index is 12.5. The summed E-state index contributed by atoms with van der Waals surface area (Å²) in [4.78, 5) is 12.5. The van der Waals surface area contributed by atoms with E-state index in [2.05, 4.69) is 20.8 Å². The van der Waals surface area contributed by atoms with Crippen molar-refractivity contribution in [2.45, 2.75) is 92.6 Å². The molecule has 0 amide bonds. The lowest BCUT2D eigenvalue weighted by Gasteiger charge is -2.42. The van der Waals surface area contributed by atoms with Gasteiger partial charge < -0.3 is 4.74 Å². The first kappa shape index (κ1) is 18.8. The van der Waals surface area contributed by atoms with E-state index in [1.165, 1.54) is 32.1 Å². The predicted octanol–water partition coefficient (Wildman–Crippen LogP) is 5.84. The van der Waals surface area contributed by atoms with Crippen LogP contribution in [0.4, 0.5) is 0 Å². The number of hydrogen-bond donors (Lipinski definition) is 0. The molecule has 3 fully saturated rings. The van der Waals surface area contributed by atoms with E-state index in [0.29, 0.717) is 5.92 Å². The molecule has 5 unspecified atom stereocenters. The van der Waals surface area contributed by atoms with Crippen LogP contribution in [-0.2, 0) is 9.53 Å². The molecule has 0 spiro atoms. The van der Waals surface area contributed by atoms with Crippen LogP contribution in [0.15, 0.2) is 0 Å². The second-order valence-corrected chi connectivity index (χ2v) is 8.99. The van der Waals surface area contributed by atoms with Crippen molar-refractivity contribution in [2.24, 2.45) is 35.0 Å².